The van der Waals surface area contributed by atoms with E-state index < -0.39 is 96.8 Å². The van der Waals surface area contributed by atoms with E-state index in [-0.39, 0.29) is 52.1 Å². The highest BCUT2D eigenvalue weighted by atomic mass is 16.7. The number of ether oxygens (including phenoxy) is 5. The lowest BCUT2D eigenvalue weighted by molar-refractivity contribution is -0.339. The summed E-state index contributed by atoms with van der Waals surface area (Å²) in [6.45, 7) is 13.8. The zero-order valence-electron chi connectivity index (χ0n) is 33.6. The van der Waals surface area contributed by atoms with Crippen LogP contribution in [0.3, 0.4) is 0 Å². The van der Waals surface area contributed by atoms with Crippen LogP contribution in [0.5, 0.6) is 0 Å². The molecule has 8 aliphatic rings. The van der Waals surface area contributed by atoms with Crippen molar-refractivity contribution in [1.29, 1.82) is 0 Å². The van der Waals surface area contributed by atoms with Crippen molar-refractivity contribution in [3.63, 3.8) is 0 Å². The van der Waals surface area contributed by atoms with Gasteiger partial charge in [0, 0.05) is 5.92 Å². The Labute approximate surface area is 324 Å². The Kier molecular flexibility index (Phi) is 9.90. The van der Waals surface area contributed by atoms with Gasteiger partial charge in [-0.15, -0.1) is 0 Å². The minimum atomic E-state index is -1.60. The van der Waals surface area contributed by atoms with Gasteiger partial charge in [-0.1, -0.05) is 27.7 Å². The van der Waals surface area contributed by atoms with Gasteiger partial charge in [-0.2, -0.15) is 0 Å². The molecule has 0 aromatic heterocycles. The monoisotopic (exact) mass is 784 g/mol. The minimum Gasteiger partial charge on any atom is -0.394 e. The van der Waals surface area contributed by atoms with Crippen molar-refractivity contribution in [3.8, 4) is 0 Å². The molecule has 5 aliphatic carbocycles. The highest BCUT2D eigenvalue weighted by molar-refractivity contribution is 5.33. The van der Waals surface area contributed by atoms with Crippen LogP contribution in [0.4, 0.5) is 0 Å². The Morgan fingerprint density at radius 3 is 2.05 bits per heavy atom. The molecular weight excluding hydrogens is 716 g/mol. The van der Waals surface area contributed by atoms with Gasteiger partial charge >= 0.3 is 0 Å². The maximum absolute atomic E-state index is 12.2. The number of aliphatic hydroxyl groups is 9. The Balaban J connectivity index is 1.15. The van der Waals surface area contributed by atoms with Crippen LogP contribution in [0.1, 0.15) is 106 Å². The average Bonchev–Trinajstić information content (AvgIpc) is 3.47. The number of hydrogen-bond acceptors (Lipinski definition) is 14. The highest BCUT2D eigenvalue weighted by Gasteiger charge is 2.85. The van der Waals surface area contributed by atoms with E-state index in [0.717, 1.165) is 32.1 Å². The van der Waals surface area contributed by atoms with Crippen LogP contribution in [0.25, 0.3) is 0 Å². The first-order valence-corrected chi connectivity index (χ1v) is 20.9. The maximum atomic E-state index is 12.2. The first kappa shape index (κ1) is 41.2. The molecule has 0 amide bonds. The Morgan fingerprint density at radius 2 is 1.40 bits per heavy atom. The molecule has 14 heteroatoms. The van der Waals surface area contributed by atoms with Crippen molar-refractivity contribution >= 4 is 0 Å². The zero-order chi connectivity index (χ0) is 40.1. The van der Waals surface area contributed by atoms with Crippen molar-refractivity contribution in [2.75, 3.05) is 13.2 Å². The summed E-state index contributed by atoms with van der Waals surface area (Å²) in [7, 11) is 0. The Morgan fingerprint density at radius 1 is 0.709 bits per heavy atom. The van der Waals surface area contributed by atoms with E-state index in [1.54, 1.807) is 13.8 Å². The first-order valence-electron chi connectivity index (χ1n) is 20.9. The first-order chi connectivity index (χ1) is 25.5. The third kappa shape index (κ3) is 5.70. The molecule has 9 N–H and O–H groups in total. The van der Waals surface area contributed by atoms with Crippen molar-refractivity contribution < 1.29 is 69.6 Å². The summed E-state index contributed by atoms with van der Waals surface area (Å²) in [4.78, 5) is 0. The molecule has 316 valence electrons. The van der Waals surface area contributed by atoms with Gasteiger partial charge in [-0.05, 0) is 117 Å². The maximum Gasteiger partial charge on any atom is 0.186 e. The van der Waals surface area contributed by atoms with Gasteiger partial charge in [0.25, 0.3) is 0 Å². The van der Waals surface area contributed by atoms with Gasteiger partial charge in [0.2, 0.25) is 0 Å². The van der Waals surface area contributed by atoms with Crippen molar-refractivity contribution in [1.82, 2.24) is 0 Å². The largest absolute Gasteiger partial charge is 0.394 e. The molecule has 21 atom stereocenters. The lowest BCUT2D eigenvalue weighted by atomic mass is 9.41. The lowest BCUT2D eigenvalue weighted by Gasteiger charge is -2.65. The predicted octanol–water partition coefficient (Wildman–Crippen LogP) is 0.724. The van der Waals surface area contributed by atoms with Gasteiger partial charge < -0.3 is 69.6 Å². The second kappa shape index (κ2) is 13.2. The van der Waals surface area contributed by atoms with E-state index in [1.165, 1.54) is 0 Å². The van der Waals surface area contributed by atoms with E-state index >= 15 is 0 Å². The van der Waals surface area contributed by atoms with E-state index in [0.29, 0.717) is 25.7 Å². The molecule has 5 saturated carbocycles. The standard InChI is InChI=1S/C41H68O14/c1-35(2)24(54-33-29(48)26(45)20(44)17-51-33)9-11-41-18-40(41)13-12-37(5)31(39(7)10-8-25(55-39)36(3,4)50)19(43)15-38(37,6)23(40)14-21(32(35)41)52-34-30(49)28(47)27(46)22(16-42)53-34/h19-34,42-50H,8-18H2,1-7H3/t19-,20-,21-,22-,23?,24?,25+,26+,27-,28+,29-,30-,31?,32?,33+,34-,37-,38+,39?,40?,41-/m1/s1. The van der Waals surface area contributed by atoms with E-state index in [4.69, 9.17) is 23.7 Å². The normalized spacial score (nSPS) is 58.7. The summed E-state index contributed by atoms with van der Waals surface area (Å²) >= 11 is 0. The predicted molar refractivity (Wildman–Crippen MR) is 194 cm³/mol. The van der Waals surface area contributed by atoms with Crippen LogP contribution in [0.2, 0.25) is 0 Å². The molecule has 55 heavy (non-hydrogen) atoms. The molecule has 0 bridgehead atoms. The molecule has 3 aliphatic heterocycles. The van der Waals surface area contributed by atoms with Gasteiger partial charge in [0.1, 0.15) is 42.7 Å². The molecule has 6 unspecified atom stereocenters. The molecule has 0 aromatic carbocycles. The topological polar surface area (TPSA) is 228 Å². The zero-order valence-corrected chi connectivity index (χ0v) is 33.6. The summed E-state index contributed by atoms with van der Waals surface area (Å²) in [6.07, 6.45) is -7.48. The minimum absolute atomic E-state index is 0.0633. The molecule has 3 saturated heterocycles. The molecule has 3 heterocycles. The second-order valence-electron chi connectivity index (χ2n) is 21.1. The van der Waals surface area contributed by atoms with E-state index in [1.807, 2.05) is 0 Å². The molecule has 8 fully saturated rings. The molecule has 0 aromatic rings. The third-order valence-electron chi connectivity index (χ3n) is 17.6. The van der Waals surface area contributed by atoms with E-state index in [2.05, 4.69) is 34.6 Å². The van der Waals surface area contributed by atoms with Crippen LogP contribution in [-0.2, 0) is 23.7 Å². The van der Waals surface area contributed by atoms with Gasteiger partial charge in [0.05, 0.1) is 48.8 Å². The lowest BCUT2D eigenvalue weighted by Crippen LogP contribution is -2.65. The number of rotatable bonds is 7. The number of fused-ring (bicyclic) bond motifs is 2. The molecule has 14 nitrogen and oxygen atoms in total. The van der Waals surface area contributed by atoms with Gasteiger partial charge in [0.15, 0.2) is 12.6 Å². The Hall–Kier alpha value is -0.560. The van der Waals surface area contributed by atoms with Gasteiger partial charge in [-0.25, -0.2) is 0 Å². The van der Waals surface area contributed by atoms with Crippen molar-refractivity contribution in [2.24, 2.45) is 44.8 Å². The summed E-state index contributed by atoms with van der Waals surface area (Å²) in [5.41, 5.74) is -3.16. The van der Waals surface area contributed by atoms with E-state index in [9.17, 15) is 46.0 Å². The summed E-state index contributed by atoms with van der Waals surface area (Å²) in [5.74, 6) is -0.215. The number of hydrogen-bond donors (Lipinski definition) is 9. The van der Waals surface area contributed by atoms with Crippen LogP contribution >= 0.6 is 0 Å². The third-order valence-corrected chi connectivity index (χ3v) is 17.6. The number of aliphatic hydroxyl groups excluding tert-OH is 8. The van der Waals surface area contributed by atoms with Crippen molar-refractivity contribution in [2.45, 2.75) is 197 Å². The average molecular weight is 785 g/mol. The SMILES string of the molecule is CC1(C2[C@H](O)C[C@@]3(C)C4C[C@@H](O[C@@H]5O[C@H](CO)[C@@H](O)[C@H](O)[C@H]5O)C5C(C)(C)C(O[C@@H]6OC[C@@H](O)[C@H](O)[C@H]6O)CC[C@@]56CC46CC[C@]23C)CC[C@@H](C(C)(C)O)O1. The Bertz CT molecular complexity index is 1460. The second-order valence-corrected chi connectivity index (χ2v) is 21.1. The molecule has 8 rings (SSSR count). The molecule has 0 radical (unpaired) electrons. The van der Waals surface area contributed by atoms with Crippen LogP contribution in [0.15, 0.2) is 0 Å². The molecule has 2 spiro atoms. The summed E-state index contributed by atoms with van der Waals surface area (Å²) in [5, 5.41) is 97.2. The summed E-state index contributed by atoms with van der Waals surface area (Å²) in [6, 6.07) is 0. The summed E-state index contributed by atoms with van der Waals surface area (Å²) < 4.78 is 31.9. The quantitative estimate of drug-likeness (QED) is 0.162. The highest BCUT2D eigenvalue weighted by Crippen LogP contribution is 2.89. The van der Waals surface area contributed by atoms with Gasteiger partial charge in [-0.3, -0.25) is 0 Å². The smallest absolute Gasteiger partial charge is 0.186 e. The van der Waals surface area contributed by atoms with Crippen LogP contribution in [-0.4, -0.2) is 150 Å². The van der Waals surface area contributed by atoms with Crippen LogP contribution < -0.4 is 0 Å². The van der Waals surface area contributed by atoms with Crippen molar-refractivity contribution in [3.05, 3.63) is 0 Å². The van der Waals surface area contributed by atoms with Crippen LogP contribution in [0, 0.1) is 44.8 Å². The fourth-order valence-corrected chi connectivity index (χ4v) is 14.9. The fraction of sp³-hybridized carbons (Fsp3) is 1.00. The fourth-order valence-electron chi connectivity index (χ4n) is 14.9. The molecular formula is C41H68O14.